The number of anilines is 1. The first-order valence-electron chi connectivity index (χ1n) is 5.54. The summed E-state index contributed by atoms with van der Waals surface area (Å²) in [6.07, 6.45) is 0. The van der Waals surface area contributed by atoms with E-state index in [4.69, 9.17) is 18.0 Å². The van der Waals surface area contributed by atoms with Crippen LogP contribution in [0.1, 0.15) is 12.5 Å². The Balaban J connectivity index is 2.33. The second-order valence-corrected chi connectivity index (χ2v) is 6.14. The summed E-state index contributed by atoms with van der Waals surface area (Å²) in [6, 6.07) is 4.65. The standard InChI is InChI=1S/C12H15FN2S2/c1-8-7-15(4-5-17-8)11-3-2-9(13)6-10(11)12(14)16/h2-3,6,8H,4-5,7H2,1H3,(H2,14,16). The molecule has 1 heterocycles. The van der Waals surface area contributed by atoms with E-state index in [0.29, 0.717) is 10.8 Å². The summed E-state index contributed by atoms with van der Waals surface area (Å²) in [6.45, 7) is 4.10. The molecule has 0 aliphatic carbocycles. The summed E-state index contributed by atoms with van der Waals surface area (Å²) in [5.74, 6) is 0.783. The molecule has 1 aromatic rings. The summed E-state index contributed by atoms with van der Waals surface area (Å²) in [5, 5.41) is 0.577. The molecule has 1 aromatic carbocycles. The molecule has 0 saturated carbocycles. The van der Waals surface area contributed by atoms with Crippen LogP contribution >= 0.6 is 24.0 Å². The first-order chi connectivity index (χ1) is 8.08. The Labute approximate surface area is 110 Å². The lowest BCUT2D eigenvalue weighted by Gasteiger charge is -2.33. The molecule has 2 nitrogen and oxygen atoms in total. The summed E-state index contributed by atoms with van der Waals surface area (Å²) in [4.78, 5) is 2.49. The molecule has 1 aliphatic rings. The third-order valence-corrected chi connectivity index (χ3v) is 4.16. The van der Waals surface area contributed by atoms with E-state index in [-0.39, 0.29) is 10.8 Å². The number of halogens is 1. The SMILES string of the molecule is CC1CN(c2ccc(F)cc2C(N)=S)CCS1. The van der Waals surface area contributed by atoms with Crippen molar-refractivity contribution in [1.82, 2.24) is 0 Å². The van der Waals surface area contributed by atoms with Gasteiger partial charge in [-0.05, 0) is 18.2 Å². The lowest BCUT2D eigenvalue weighted by atomic mass is 10.1. The number of hydrogen-bond donors (Lipinski definition) is 1. The number of thioether (sulfide) groups is 1. The molecule has 2 rings (SSSR count). The van der Waals surface area contributed by atoms with Gasteiger partial charge < -0.3 is 10.6 Å². The molecule has 92 valence electrons. The largest absolute Gasteiger partial charge is 0.389 e. The maximum Gasteiger partial charge on any atom is 0.124 e. The lowest BCUT2D eigenvalue weighted by Crippen LogP contribution is -2.37. The molecule has 1 saturated heterocycles. The van der Waals surface area contributed by atoms with Crippen LogP contribution in [0.15, 0.2) is 18.2 Å². The monoisotopic (exact) mass is 270 g/mol. The number of nitrogens with zero attached hydrogens (tertiary/aromatic N) is 1. The molecule has 0 amide bonds. The zero-order valence-corrected chi connectivity index (χ0v) is 11.3. The number of hydrogen-bond acceptors (Lipinski definition) is 3. The van der Waals surface area contributed by atoms with E-state index < -0.39 is 0 Å². The van der Waals surface area contributed by atoms with E-state index in [0.717, 1.165) is 24.5 Å². The van der Waals surface area contributed by atoms with Crippen LogP contribution in [0.5, 0.6) is 0 Å². The van der Waals surface area contributed by atoms with Gasteiger partial charge in [0, 0.05) is 35.3 Å². The number of nitrogens with two attached hydrogens (primary N) is 1. The van der Waals surface area contributed by atoms with Crippen LogP contribution in [0.25, 0.3) is 0 Å². The molecule has 5 heteroatoms. The van der Waals surface area contributed by atoms with Crippen molar-refractivity contribution in [3.8, 4) is 0 Å². The molecule has 0 bridgehead atoms. The minimum atomic E-state index is -0.295. The molecular weight excluding hydrogens is 255 g/mol. The number of benzene rings is 1. The van der Waals surface area contributed by atoms with Crippen molar-refractivity contribution in [2.75, 3.05) is 23.7 Å². The molecule has 1 atom stereocenters. The highest BCUT2D eigenvalue weighted by Crippen LogP contribution is 2.27. The maximum absolute atomic E-state index is 13.2. The average molecular weight is 270 g/mol. The van der Waals surface area contributed by atoms with Crippen molar-refractivity contribution < 1.29 is 4.39 Å². The van der Waals surface area contributed by atoms with E-state index >= 15 is 0 Å². The van der Waals surface area contributed by atoms with Gasteiger partial charge in [0.1, 0.15) is 10.8 Å². The van der Waals surface area contributed by atoms with Crippen molar-refractivity contribution in [3.63, 3.8) is 0 Å². The van der Waals surface area contributed by atoms with E-state index in [1.165, 1.54) is 12.1 Å². The smallest absolute Gasteiger partial charge is 0.124 e. The Morgan fingerprint density at radius 3 is 3.00 bits per heavy atom. The topological polar surface area (TPSA) is 29.3 Å². The zero-order chi connectivity index (χ0) is 12.4. The minimum absolute atomic E-state index is 0.255. The highest BCUT2D eigenvalue weighted by molar-refractivity contribution is 8.00. The third kappa shape index (κ3) is 2.90. The Morgan fingerprint density at radius 2 is 2.35 bits per heavy atom. The van der Waals surface area contributed by atoms with Crippen molar-refractivity contribution in [2.45, 2.75) is 12.2 Å². The van der Waals surface area contributed by atoms with E-state index in [9.17, 15) is 4.39 Å². The Kier molecular flexibility index (Phi) is 3.89. The molecule has 0 radical (unpaired) electrons. The second-order valence-electron chi connectivity index (χ2n) is 4.15. The summed E-state index contributed by atoms with van der Waals surface area (Å²) in [7, 11) is 0. The minimum Gasteiger partial charge on any atom is -0.389 e. The second kappa shape index (κ2) is 5.23. The fraction of sp³-hybridized carbons (Fsp3) is 0.417. The Morgan fingerprint density at radius 1 is 1.59 bits per heavy atom. The van der Waals surface area contributed by atoms with Crippen LogP contribution in [0, 0.1) is 5.82 Å². The fourth-order valence-corrected chi connectivity index (χ4v) is 3.20. The molecule has 1 unspecified atom stereocenters. The van der Waals surface area contributed by atoms with E-state index in [1.54, 1.807) is 6.07 Å². The van der Waals surface area contributed by atoms with E-state index in [2.05, 4.69) is 11.8 Å². The summed E-state index contributed by atoms with van der Waals surface area (Å²) in [5.41, 5.74) is 7.25. The van der Waals surface area contributed by atoms with Gasteiger partial charge in [0.15, 0.2) is 0 Å². The highest BCUT2D eigenvalue weighted by atomic mass is 32.2. The van der Waals surface area contributed by atoms with Crippen molar-refractivity contribution >= 4 is 34.7 Å². The van der Waals surface area contributed by atoms with Crippen molar-refractivity contribution in [1.29, 1.82) is 0 Å². The maximum atomic E-state index is 13.2. The zero-order valence-electron chi connectivity index (χ0n) is 9.65. The third-order valence-electron chi connectivity index (χ3n) is 2.81. The fourth-order valence-electron chi connectivity index (χ4n) is 2.02. The van der Waals surface area contributed by atoms with Gasteiger partial charge >= 0.3 is 0 Å². The normalized spacial score (nSPS) is 20.4. The van der Waals surface area contributed by atoms with Gasteiger partial charge in [-0.3, -0.25) is 0 Å². The van der Waals surface area contributed by atoms with Crippen LogP contribution < -0.4 is 10.6 Å². The van der Waals surface area contributed by atoms with Gasteiger partial charge in [0.05, 0.1) is 0 Å². The van der Waals surface area contributed by atoms with Gasteiger partial charge in [0.2, 0.25) is 0 Å². The van der Waals surface area contributed by atoms with Crippen LogP contribution in [-0.4, -0.2) is 29.1 Å². The van der Waals surface area contributed by atoms with Crippen molar-refractivity contribution in [2.24, 2.45) is 5.73 Å². The van der Waals surface area contributed by atoms with Crippen LogP contribution in [-0.2, 0) is 0 Å². The lowest BCUT2D eigenvalue weighted by molar-refractivity contribution is 0.627. The number of thiocarbonyl (C=S) groups is 1. The Bertz CT molecular complexity index is 437. The molecule has 1 fully saturated rings. The first-order valence-corrected chi connectivity index (χ1v) is 6.99. The van der Waals surface area contributed by atoms with Crippen LogP contribution in [0.4, 0.5) is 10.1 Å². The van der Waals surface area contributed by atoms with Gasteiger partial charge in [-0.15, -0.1) is 0 Å². The molecule has 0 spiro atoms. The van der Waals surface area contributed by atoms with Crippen LogP contribution in [0.3, 0.4) is 0 Å². The van der Waals surface area contributed by atoms with Crippen LogP contribution in [0.2, 0.25) is 0 Å². The van der Waals surface area contributed by atoms with Gasteiger partial charge in [-0.2, -0.15) is 11.8 Å². The Hall–Kier alpha value is -0.810. The van der Waals surface area contributed by atoms with Gasteiger partial charge in [0.25, 0.3) is 0 Å². The molecule has 2 N–H and O–H groups in total. The summed E-state index contributed by atoms with van der Waals surface area (Å²) < 4.78 is 13.2. The molecular formula is C12H15FN2S2. The average Bonchev–Trinajstić information content (AvgIpc) is 2.28. The quantitative estimate of drug-likeness (QED) is 0.836. The predicted molar refractivity (Wildman–Crippen MR) is 76.4 cm³/mol. The van der Waals surface area contributed by atoms with Gasteiger partial charge in [-0.25, -0.2) is 4.39 Å². The van der Waals surface area contributed by atoms with E-state index in [1.807, 2.05) is 11.8 Å². The molecule has 1 aliphatic heterocycles. The predicted octanol–water partition coefficient (Wildman–Crippen LogP) is 2.40. The first kappa shape index (κ1) is 12.6. The highest BCUT2D eigenvalue weighted by Gasteiger charge is 2.20. The number of rotatable bonds is 2. The molecule has 0 aromatic heterocycles. The van der Waals surface area contributed by atoms with Crippen molar-refractivity contribution in [3.05, 3.63) is 29.6 Å². The summed E-state index contributed by atoms with van der Waals surface area (Å²) >= 11 is 6.94. The molecule has 17 heavy (non-hydrogen) atoms. The van der Waals surface area contributed by atoms with Gasteiger partial charge in [-0.1, -0.05) is 19.1 Å².